The molecule has 1 aliphatic heterocycles. The van der Waals surface area contributed by atoms with E-state index < -0.39 is 0 Å². The second-order valence-electron chi connectivity index (χ2n) is 4.13. The number of methoxy groups -OCH3 is 1. The maximum atomic E-state index is 5.72. The minimum Gasteiger partial charge on any atom is -0.381 e. The fourth-order valence-electron chi connectivity index (χ4n) is 2.22. The zero-order chi connectivity index (χ0) is 11.4. The third kappa shape index (κ3) is 2.33. The maximum absolute atomic E-state index is 5.72. The van der Waals surface area contributed by atoms with Crippen LogP contribution in [0, 0.1) is 0 Å². The highest BCUT2D eigenvalue weighted by Crippen LogP contribution is 2.23. The van der Waals surface area contributed by atoms with Crippen molar-refractivity contribution in [2.45, 2.75) is 25.5 Å². The van der Waals surface area contributed by atoms with Crippen molar-refractivity contribution in [3.63, 3.8) is 0 Å². The van der Waals surface area contributed by atoms with E-state index in [0.717, 1.165) is 31.5 Å². The zero-order valence-electron chi connectivity index (χ0n) is 9.72. The van der Waals surface area contributed by atoms with Crippen LogP contribution in [0.3, 0.4) is 0 Å². The first-order valence-electron chi connectivity index (χ1n) is 5.76. The van der Waals surface area contributed by atoms with E-state index in [1.165, 1.54) is 5.69 Å². The number of hydrogen-bond acceptors (Lipinski definition) is 4. The number of ether oxygens (including phenoxy) is 1. The van der Waals surface area contributed by atoms with Crippen LogP contribution in [0.25, 0.3) is 0 Å². The minimum atomic E-state index is 0.416. The number of nitrogens with zero attached hydrogens (tertiary/aromatic N) is 2. The largest absolute Gasteiger partial charge is 0.381 e. The van der Waals surface area contributed by atoms with Crippen LogP contribution in [0.5, 0.6) is 0 Å². The Kier molecular flexibility index (Phi) is 3.74. The number of nitrogens with two attached hydrogens (primary N) is 1. The van der Waals surface area contributed by atoms with Crippen LogP contribution in [0.1, 0.15) is 18.4 Å². The molecule has 0 aromatic carbocycles. The molecule has 4 nitrogen and oxygen atoms in total. The van der Waals surface area contributed by atoms with Gasteiger partial charge in [-0.1, -0.05) is 0 Å². The summed E-state index contributed by atoms with van der Waals surface area (Å²) in [6.45, 7) is 2.62. The van der Waals surface area contributed by atoms with Crippen LogP contribution < -0.4 is 10.6 Å². The van der Waals surface area contributed by atoms with Gasteiger partial charge in [-0.2, -0.15) is 0 Å². The molecule has 1 aliphatic rings. The van der Waals surface area contributed by atoms with Crippen LogP contribution in [0.2, 0.25) is 0 Å². The van der Waals surface area contributed by atoms with E-state index in [2.05, 4.69) is 16.0 Å². The predicted octanol–water partition coefficient (Wildman–Crippen LogP) is 1.16. The summed E-state index contributed by atoms with van der Waals surface area (Å²) in [5, 5.41) is 0. The van der Waals surface area contributed by atoms with Crippen molar-refractivity contribution in [3.05, 3.63) is 24.0 Å². The number of pyridine rings is 1. The molecule has 0 aliphatic carbocycles. The van der Waals surface area contributed by atoms with E-state index in [4.69, 9.17) is 10.5 Å². The summed E-state index contributed by atoms with van der Waals surface area (Å²) in [5.41, 5.74) is 8.07. The van der Waals surface area contributed by atoms with Crippen molar-refractivity contribution in [2.75, 3.05) is 25.1 Å². The molecule has 0 amide bonds. The zero-order valence-corrected chi connectivity index (χ0v) is 9.72. The van der Waals surface area contributed by atoms with Gasteiger partial charge < -0.3 is 15.4 Å². The molecule has 0 spiro atoms. The third-order valence-electron chi connectivity index (χ3n) is 3.21. The Balaban J connectivity index is 2.07. The summed E-state index contributed by atoms with van der Waals surface area (Å²) >= 11 is 0. The molecule has 0 radical (unpaired) electrons. The van der Waals surface area contributed by atoms with Gasteiger partial charge in [0.05, 0.1) is 6.10 Å². The highest BCUT2D eigenvalue weighted by molar-refractivity contribution is 5.52. The number of hydrogen-bond donors (Lipinski definition) is 1. The molecule has 0 unspecified atom stereocenters. The molecule has 16 heavy (non-hydrogen) atoms. The first kappa shape index (κ1) is 11.4. The third-order valence-corrected chi connectivity index (χ3v) is 3.21. The van der Waals surface area contributed by atoms with E-state index in [-0.39, 0.29) is 0 Å². The van der Waals surface area contributed by atoms with Gasteiger partial charge in [0.2, 0.25) is 0 Å². The predicted molar refractivity (Wildman–Crippen MR) is 64.4 cm³/mol. The van der Waals surface area contributed by atoms with Crippen molar-refractivity contribution in [1.29, 1.82) is 0 Å². The second-order valence-corrected chi connectivity index (χ2v) is 4.13. The topological polar surface area (TPSA) is 51.4 Å². The molecule has 2 rings (SSSR count). The van der Waals surface area contributed by atoms with Gasteiger partial charge in [0.25, 0.3) is 0 Å². The van der Waals surface area contributed by atoms with Crippen molar-refractivity contribution in [3.8, 4) is 0 Å². The molecule has 1 aromatic rings. The van der Waals surface area contributed by atoms with E-state index in [1.807, 2.05) is 12.4 Å². The van der Waals surface area contributed by atoms with Gasteiger partial charge in [0, 0.05) is 50.4 Å². The average molecular weight is 221 g/mol. The first-order chi connectivity index (χ1) is 7.85. The fraction of sp³-hybridized carbons (Fsp3) is 0.583. The molecule has 88 valence electrons. The fourth-order valence-corrected chi connectivity index (χ4v) is 2.22. The number of aromatic nitrogens is 1. The summed E-state index contributed by atoms with van der Waals surface area (Å²) in [5.74, 6) is 0. The van der Waals surface area contributed by atoms with Crippen molar-refractivity contribution in [1.82, 2.24) is 4.98 Å². The van der Waals surface area contributed by atoms with Crippen molar-refractivity contribution < 1.29 is 4.74 Å². The molecule has 4 heteroatoms. The van der Waals surface area contributed by atoms with Crippen LogP contribution in [0.15, 0.2) is 18.5 Å². The van der Waals surface area contributed by atoms with Crippen molar-refractivity contribution >= 4 is 5.69 Å². The van der Waals surface area contributed by atoms with Gasteiger partial charge in [0.15, 0.2) is 0 Å². The smallest absolute Gasteiger partial charge is 0.0605 e. The van der Waals surface area contributed by atoms with Crippen molar-refractivity contribution in [2.24, 2.45) is 5.73 Å². The monoisotopic (exact) mass is 221 g/mol. The van der Waals surface area contributed by atoms with E-state index >= 15 is 0 Å². The number of rotatable bonds is 3. The summed E-state index contributed by atoms with van der Waals surface area (Å²) in [6, 6.07) is 2.05. The van der Waals surface area contributed by atoms with E-state index in [0.29, 0.717) is 12.6 Å². The molecule has 1 saturated heterocycles. The summed E-state index contributed by atoms with van der Waals surface area (Å²) < 4.78 is 5.37. The van der Waals surface area contributed by atoms with E-state index in [1.54, 1.807) is 7.11 Å². The van der Waals surface area contributed by atoms with Gasteiger partial charge in [-0.25, -0.2) is 0 Å². The van der Waals surface area contributed by atoms with Crippen LogP contribution in [0.4, 0.5) is 5.69 Å². The van der Waals surface area contributed by atoms with Gasteiger partial charge in [-0.05, 0) is 18.9 Å². The molecule has 1 fully saturated rings. The lowest BCUT2D eigenvalue weighted by Gasteiger charge is -2.33. The Hall–Kier alpha value is -1.13. The Morgan fingerprint density at radius 1 is 1.50 bits per heavy atom. The molecule has 2 heterocycles. The summed E-state index contributed by atoms with van der Waals surface area (Å²) in [7, 11) is 1.79. The minimum absolute atomic E-state index is 0.416. The maximum Gasteiger partial charge on any atom is 0.0605 e. The van der Waals surface area contributed by atoms with Gasteiger partial charge in [-0.15, -0.1) is 0 Å². The Labute approximate surface area is 96.4 Å². The van der Waals surface area contributed by atoms with Crippen LogP contribution in [-0.4, -0.2) is 31.3 Å². The molecule has 1 aromatic heterocycles. The summed E-state index contributed by atoms with van der Waals surface area (Å²) in [6.07, 6.45) is 6.28. The number of anilines is 1. The molecule has 0 saturated carbocycles. The molecular formula is C12H19N3O. The highest BCUT2D eigenvalue weighted by atomic mass is 16.5. The number of piperidine rings is 1. The molecule has 0 bridgehead atoms. The SMILES string of the molecule is COC1CCN(c2ccncc2CN)CC1. The molecule has 2 N–H and O–H groups in total. The standard InChI is InChI=1S/C12H19N3O/c1-16-11-3-6-15(7-4-11)12-2-5-14-9-10(12)8-13/h2,5,9,11H,3-4,6-8,13H2,1H3. The molecular weight excluding hydrogens is 202 g/mol. The molecule has 0 atom stereocenters. The van der Waals surface area contributed by atoms with Crippen LogP contribution in [-0.2, 0) is 11.3 Å². The second kappa shape index (κ2) is 5.27. The summed E-state index contributed by atoms with van der Waals surface area (Å²) in [4.78, 5) is 6.49. The normalized spacial score (nSPS) is 17.8. The average Bonchev–Trinajstić information content (AvgIpc) is 2.39. The lowest BCUT2D eigenvalue weighted by atomic mass is 10.1. The Bertz CT molecular complexity index is 335. The quantitative estimate of drug-likeness (QED) is 0.832. The van der Waals surface area contributed by atoms with E-state index in [9.17, 15) is 0 Å². The lowest BCUT2D eigenvalue weighted by Crippen LogP contribution is -2.37. The van der Waals surface area contributed by atoms with Gasteiger partial charge in [0.1, 0.15) is 0 Å². The Morgan fingerprint density at radius 3 is 2.88 bits per heavy atom. The van der Waals surface area contributed by atoms with Crippen LogP contribution >= 0.6 is 0 Å². The highest BCUT2D eigenvalue weighted by Gasteiger charge is 2.20. The van der Waals surface area contributed by atoms with Gasteiger partial charge >= 0.3 is 0 Å². The Morgan fingerprint density at radius 2 is 2.25 bits per heavy atom. The first-order valence-corrected chi connectivity index (χ1v) is 5.76. The lowest BCUT2D eigenvalue weighted by molar-refractivity contribution is 0.0819. The van der Waals surface area contributed by atoms with Gasteiger partial charge in [-0.3, -0.25) is 4.98 Å².